The van der Waals surface area contributed by atoms with Crippen molar-refractivity contribution in [3.8, 4) is 6.57 Å². The average Bonchev–Trinajstić information content (AvgIpc) is 2.30. The van der Waals surface area contributed by atoms with E-state index in [1.54, 1.807) is 0 Å². The van der Waals surface area contributed by atoms with Crippen LogP contribution in [0.2, 0.25) is 0 Å². The molecule has 0 saturated carbocycles. The van der Waals surface area contributed by atoms with Crippen LogP contribution in [0, 0.1) is 42.2 Å². The van der Waals surface area contributed by atoms with Gasteiger partial charge in [-0.3, -0.25) is 0 Å². The standard InChI is InChI=1S/C3H6N6O6.CHN/c10-7(11)4-1-5(8(12)13)3-6(2-4)9(14)15;1-2/h1-3H2;1H. The Morgan fingerprint density at radius 2 is 0.941 bits per heavy atom. The lowest BCUT2D eigenvalue weighted by Crippen LogP contribution is -2.59. The van der Waals surface area contributed by atoms with Gasteiger partial charge in [-0.15, -0.1) is 0 Å². The van der Waals surface area contributed by atoms with E-state index in [9.17, 15) is 30.3 Å². The lowest BCUT2D eigenvalue weighted by Gasteiger charge is -2.27. The minimum absolute atomic E-state index is 0.370. The summed E-state index contributed by atoms with van der Waals surface area (Å²) in [4.78, 5) is 31.0. The maximum atomic E-state index is 10.3. The Hall–Kier alpha value is -2.91. The van der Waals surface area contributed by atoms with Crippen LogP contribution in [0.1, 0.15) is 0 Å². The van der Waals surface area contributed by atoms with Gasteiger partial charge >= 0.3 is 0 Å². The molecule has 0 aromatic carbocycles. The molecule has 1 aliphatic rings. The highest BCUT2D eigenvalue weighted by atomic mass is 16.7. The SMILES string of the molecule is C#N.O=[N+]([O-])N1CN([N+](=O)[O-])CN([N+](=O)[O-])C1. The molecule has 0 unspecified atom stereocenters. The van der Waals surface area contributed by atoms with Gasteiger partial charge in [-0.25, -0.2) is 35.6 Å². The number of hydrazine groups is 3. The summed E-state index contributed by atoms with van der Waals surface area (Å²) < 4.78 is 0. The van der Waals surface area contributed by atoms with E-state index in [0.717, 1.165) is 0 Å². The number of nitriles is 1. The van der Waals surface area contributed by atoms with Crippen molar-refractivity contribution in [2.75, 3.05) is 20.0 Å². The zero-order valence-electron chi connectivity index (χ0n) is 8.28. The summed E-state index contributed by atoms with van der Waals surface area (Å²) in [6.07, 6.45) is 0. The molecule has 0 N–H and O–H groups in total. The number of nitrogens with zero attached hydrogens (tertiary/aromatic N) is 7. The molecule has 1 aliphatic heterocycles. The van der Waals surface area contributed by atoms with Gasteiger partial charge in [0.05, 0.1) is 0 Å². The van der Waals surface area contributed by atoms with Gasteiger partial charge in [0, 0.05) is 6.57 Å². The highest BCUT2D eigenvalue weighted by Gasteiger charge is 2.39. The van der Waals surface area contributed by atoms with E-state index in [0.29, 0.717) is 15.0 Å². The summed E-state index contributed by atoms with van der Waals surface area (Å²) in [5.74, 6) is 0. The largest absolute Gasteiger partial charge is 0.235 e. The lowest BCUT2D eigenvalue weighted by atomic mass is 10.7. The average molecular weight is 249 g/mol. The van der Waals surface area contributed by atoms with Crippen molar-refractivity contribution >= 4 is 0 Å². The number of hydrogen-bond donors (Lipinski definition) is 0. The van der Waals surface area contributed by atoms with E-state index in [-0.39, 0.29) is 0 Å². The first-order valence-electron chi connectivity index (χ1n) is 3.85. The quantitative estimate of drug-likeness (QED) is 0.424. The molecule has 1 heterocycles. The van der Waals surface area contributed by atoms with Gasteiger partial charge in [-0.2, -0.15) is 0 Å². The molecular weight excluding hydrogens is 242 g/mol. The summed E-state index contributed by atoms with van der Waals surface area (Å²) in [7, 11) is 0. The van der Waals surface area contributed by atoms with E-state index >= 15 is 0 Å². The van der Waals surface area contributed by atoms with Crippen molar-refractivity contribution in [3.05, 3.63) is 30.3 Å². The Kier molecular flexibility index (Phi) is 4.85. The summed E-state index contributed by atoms with van der Waals surface area (Å²) in [6.45, 7) is 1.72. The molecule has 1 saturated heterocycles. The third kappa shape index (κ3) is 3.62. The number of rotatable bonds is 3. The third-order valence-corrected chi connectivity index (χ3v) is 1.67. The Labute approximate surface area is 93.4 Å². The Morgan fingerprint density at radius 3 is 1.06 bits per heavy atom. The number of hydrogen-bond acceptors (Lipinski definition) is 7. The second-order valence-corrected chi connectivity index (χ2v) is 2.66. The smallest absolute Gasteiger partial charge is 0.212 e. The van der Waals surface area contributed by atoms with Gasteiger partial charge in [-0.1, -0.05) is 15.0 Å². The van der Waals surface area contributed by atoms with E-state index in [1.165, 1.54) is 0 Å². The van der Waals surface area contributed by atoms with Crippen molar-refractivity contribution in [1.82, 2.24) is 15.0 Å². The zero-order chi connectivity index (χ0) is 13.6. The van der Waals surface area contributed by atoms with Gasteiger partial charge in [0.2, 0.25) is 20.0 Å². The summed E-state index contributed by atoms with van der Waals surface area (Å²) >= 11 is 0. The van der Waals surface area contributed by atoms with Crippen LogP contribution < -0.4 is 0 Å². The Bertz CT molecular complexity index is 289. The van der Waals surface area contributed by atoms with Crippen molar-refractivity contribution in [3.63, 3.8) is 0 Å². The van der Waals surface area contributed by atoms with Crippen molar-refractivity contribution < 1.29 is 15.1 Å². The van der Waals surface area contributed by atoms with Gasteiger partial charge in [-0.05, 0) is 0 Å². The van der Waals surface area contributed by atoms with Crippen LogP contribution in [0.25, 0.3) is 0 Å². The van der Waals surface area contributed by atoms with Crippen molar-refractivity contribution in [1.29, 1.82) is 5.26 Å². The molecule has 0 aliphatic carbocycles. The van der Waals surface area contributed by atoms with Crippen LogP contribution in [0.3, 0.4) is 0 Å². The van der Waals surface area contributed by atoms with Crippen LogP contribution in [0.4, 0.5) is 0 Å². The number of nitro groups is 3. The molecule has 0 aromatic rings. The molecule has 94 valence electrons. The second kappa shape index (κ2) is 5.85. The highest BCUT2D eigenvalue weighted by molar-refractivity contribution is 4.50. The van der Waals surface area contributed by atoms with E-state index in [1.807, 2.05) is 0 Å². The molecule has 0 radical (unpaired) electrons. The molecule has 0 amide bonds. The van der Waals surface area contributed by atoms with Crippen LogP contribution in [-0.2, 0) is 0 Å². The minimum Gasteiger partial charge on any atom is -0.235 e. The molecule has 17 heavy (non-hydrogen) atoms. The highest BCUT2D eigenvalue weighted by Crippen LogP contribution is 2.06. The topological polar surface area (TPSA) is 163 Å². The second-order valence-electron chi connectivity index (χ2n) is 2.66. The van der Waals surface area contributed by atoms with E-state index in [4.69, 9.17) is 5.26 Å². The first-order chi connectivity index (χ1) is 7.91. The fourth-order valence-electron chi connectivity index (χ4n) is 1.01. The lowest BCUT2D eigenvalue weighted by molar-refractivity contribution is -0.775. The summed E-state index contributed by atoms with van der Waals surface area (Å²) in [6, 6.07) is 0. The van der Waals surface area contributed by atoms with Crippen LogP contribution in [0.15, 0.2) is 0 Å². The molecular formula is C4H7N7O6. The molecule has 0 aromatic heterocycles. The maximum absolute atomic E-state index is 10.3. The summed E-state index contributed by atoms with van der Waals surface area (Å²) in [5.41, 5.74) is 0. The Balaban J connectivity index is 0.00000121. The van der Waals surface area contributed by atoms with Gasteiger partial charge < -0.3 is 0 Å². The predicted octanol–water partition coefficient (Wildman–Crippen LogP) is -1.51. The molecule has 0 atom stereocenters. The molecule has 0 bridgehead atoms. The monoisotopic (exact) mass is 249 g/mol. The molecule has 1 fully saturated rings. The van der Waals surface area contributed by atoms with Gasteiger partial charge in [0.1, 0.15) is 0 Å². The van der Waals surface area contributed by atoms with E-state index in [2.05, 4.69) is 6.57 Å². The normalized spacial score (nSPS) is 14.6. The fourth-order valence-corrected chi connectivity index (χ4v) is 1.01. The first-order valence-corrected chi connectivity index (χ1v) is 3.85. The van der Waals surface area contributed by atoms with Crippen LogP contribution in [0.5, 0.6) is 0 Å². The van der Waals surface area contributed by atoms with Crippen LogP contribution >= 0.6 is 0 Å². The van der Waals surface area contributed by atoms with Crippen molar-refractivity contribution in [2.45, 2.75) is 0 Å². The predicted molar refractivity (Wildman–Crippen MR) is 47.8 cm³/mol. The fraction of sp³-hybridized carbons (Fsp3) is 0.750. The Morgan fingerprint density at radius 1 is 0.765 bits per heavy atom. The first kappa shape index (κ1) is 14.1. The summed E-state index contributed by atoms with van der Waals surface area (Å²) in [5, 5.41) is 35.8. The molecule has 13 nitrogen and oxygen atoms in total. The molecule has 13 heteroatoms. The third-order valence-electron chi connectivity index (χ3n) is 1.67. The van der Waals surface area contributed by atoms with Crippen LogP contribution in [-0.4, -0.2) is 50.1 Å². The molecule has 0 spiro atoms. The van der Waals surface area contributed by atoms with E-state index < -0.39 is 35.1 Å². The van der Waals surface area contributed by atoms with Gasteiger partial charge in [0.25, 0.3) is 0 Å². The molecule has 1 rings (SSSR count). The zero-order valence-corrected chi connectivity index (χ0v) is 8.28. The van der Waals surface area contributed by atoms with Gasteiger partial charge in [0.15, 0.2) is 15.1 Å². The minimum atomic E-state index is -0.924. The van der Waals surface area contributed by atoms with Crippen molar-refractivity contribution in [2.24, 2.45) is 0 Å². The maximum Gasteiger partial charge on any atom is 0.212 e.